The minimum absolute atomic E-state index is 0.0172. The topological polar surface area (TPSA) is 100 Å². The van der Waals surface area contributed by atoms with Gasteiger partial charge in [-0.2, -0.15) is 5.10 Å². The van der Waals surface area contributed by atoms with Crippen LogP contribution in [0.15, 0.2) is 24.5 Å². The summed E-state index contributed by atoms with van der Waals surface area (Å²) in [5, 5.41) is 6.91. The standard InChI is InChI=1S/C23H30N6O3/c1-4-7-29-22(31)20(26-23(29)32)12-21(30)28-8-5-16(6-9-28)19-11-17(10-15(2)25-19)18-13-24-27(3)14-18/h10-11,13-14,16,20H,4-9,12H2,1-3H3,(H,26,32). The summed E-state index contributed by atoms with van der Waals surface area (Å²) in [6, 6.07) is 3.04. The smallest absolute Gasteiger partial charge is 0.324 e. The van der Waals surface area contributed by atoms with Crippen molar-refractivity contribution >= 4 is 17.8 Å². The molecular weight excluding hydrogens is 408 g/mol. The first kappa shape index (κ1) is 22.0. The van der Waals surface area contributed by atoms with Crippen molar-refractivity contribution in [2.24, 2.45) is 7.05 Å². The van der Waals surface area contributed by atoms with Crippen LogP contribution in [-0.2, 0) is 16.6 Å². The molecule has 0 saturated carbocycles. The van der Waals surface area contributed by atoms with Crippen molar-refractivity contribution in [2.75, 3.05) is 19.6 Å². The van der Waals surface area contributed by atoms with E-state index < -0.39 is 12.1 Å². The quantitative estimate of drug-likeness (QED) is 0.697. The molecule has 4 rings (SSSR count). The molecule has 0 radical (unpaired) electrons. The summed E-state index contributed by atoms with van der Waals surface area (Å²) in [5.41, 5.74) is 4.18. The highest BCUT2D eigenvalue weighted by Crippen LogP contribution is 2.30. The van der Waals surface area contributed by atoms with E-state index >= 15 is 0 Å². The number of hydrogen-bond donors (Lipinski definition) is 1. The third kappa shape index (κ3) is 4.51. The lowest BCUT2D eigenvalue weighted by atomic mass is 9.91. The number of carbonyl (C=O) groups is 3. The predicted molar refractivity (Wildman–Crippen MR) is 119 cm³/mol. The van der Waals surface area contributed by atoms with Crippen molar-refractivity contribution in [3.63, 3.8) is 0 Å². The molecule has 0 aromatic carbocycles. The van der Waals surface area contributed by atoms with Crippen molar-refractivity contribution in [1.82, 2.24) is 29.9 Å². The van der Waals surface area contributed by atoms with Gasteiger partial charge in [-0.05, 0) is 43.9 Å². The lowest BCUT2D eigenvalue weighted by Crippen LogP contribution is -2.42. The summed E-state index contributed by atoms with van der Waals surface area (Å²) in [6.45, 7) is 5.53. The van der Waals surface area contributed by atoms with Gasteiger partial charge in [-0.25, -0.2) is 4.79 Å². The molecule has 4 heterocycles. The van der Waals surface area contributed by atoms with Gasteiger partial charge in [-0.1, -0.05) is 6.92 Å². The van der Waals surface area contributed by atoms with Crippen LogP contribution >= 0.6 is 0 Å². The van der Waals surface area contributed by atoms with E-state index in [9.17, 15) is 14.4 Å². The van der Waals surface area contributed by atoms with E-state index in [1.807, 2.05) is 33.3 Å². The van der Waals surface area contributed by atoms with Crippen LogP contribution in [-0.4, -0.2) is 68.1 Å². The maximum Gasteiger partial charge on any atom is 0.324 e. The number of nitrogens with zero attached hydrogens (tertiary/aromatic N) is 5. The van der Waals surface area contributed by atoms with Crippen molar-refractivity contribution < 1.29 is 14.4 Å². The lowest BCUT2D eigenvalue weighted by molar-refractivity contribution is -0.136. The van der Waals surface area contributed by atoms with Crippen LogP contribution in [0.25, 0.3) is 11.1 Å². The predicted octanol–water partition coefficient (Wildman–Crippen LogP) is 2.22. The summed E-state index contributed by atoms with van der Waals surface area (Å²) in [7, 11) is 1.90. The molecule has 2 aliphatic rings. The third-order valence-corrected chi connectivity index (χ3v) is 6.21. The first-order chi connectivity index (χ1) is 15.4. The monoisotopic (exact) mass is 438 g/mol. The third-order valence-electron chi connectivity index (χ3n) is 6.21. The van der Waals surface area contributed by atoms with Crippen molar-refractivity contribution in [3.05, 3.63) is 35.9 Å². The Bertz CT molecular complexity index is 1020. The number of aryl methyl sites for hydroxylation is 2. The highest BCUT2D eigenvalue weighted by atomic mass is 16.2. The average molecular weight is 439 g/mol. The Morgan fingerprint density at radius 3 is 2.59 bits per heavy atom. The molecule has 1 N–H and O–H groups in total. The van der Waals surface area contributed by atoms with E-state index in [0.29, 0.717) is 26.1 Å². The molecule has 2 aromatic rings. The number of likely N-dealkylation sites (tertiary alicyclic amines) is 1. The number of pyridine rings is 1. The van der Waals surface area contributed by atoms with Gasteiger partial charge in [-0.15, -0.1) is 0 Å². The summed E-state index contributed by atoms with van der Waals surface area (Å²) >= 11 is 0. The van der Waals surface area contributed by atoms with Gasteiger partial charge in [-0.3, -0.25) is 24.2 Å². The molecule has 9 nitrogen and oxygen atoms in total. The van der Waals surface area contributed by atoms with Crippen molar-refractivity contribution in [2.45, 2.75) is 51.5 Å². The zero-order chi connectivity index (χ0) is 22.8. The fourth-order valence-corrected chi connectivity index (χ4v) is 4.52. The number of carbonyl (C=O) groups excluding carboxylic acids is 3. The molecule has 170 valence electrons. The minimum Gasteiger partial charge on any atom is -0.343 e. The fraction of sp³-hybridized carbons (Fsp3) is 0.522. The number of rotatable bonds is 6. The molecule has 9 heteroatoms. The first-order valence-electron chi connectivity index (χ1n) is 11.2. The maximum atomic E-state index is 12.8. The van der Waals surface area contributed by atoms with Gasteiger partial charge in [0.05, 0.1) is 12.6 Å². The second-order valence-electron chi connectivity index (χ2n) is 8.68. The van der Waals surface area contributed by atoms with Gasteiger partial charge in [0, 0.05) is 55.7 Å². The zero-order valence-electron chi connectivity index (χ0n) is 18.9. The highest BCUT2D eigenvalue weighted by molar-refractivity contribution is 6.05. The van der Waals surface area contributed by atoms with Crippen LogP contribution in [0.3, 0.4) is 0 Å². The van der Waals surface area contributed by atoms with E-state index in [4.69, 9.17) is 4.98 Å². The van der Waals surface area contributed by atoms with Gasteiger partial charge in [0.25, 0.3) is 5.91 Å². The molecular formula is C23H30N6O3. The van der Waals surface area contributed by atoms with Crippen LogP contribution in [0.2, 0.25) is 0 Å². The number of urea groups is 1. The molecule has 1 atom stereocenters. The molecule has 2 aromatic heterocycles. The molecule has 32 heavy (non-hydrogen) atoms. The Morgan fingerprint density at radius 1 is 1.19 bits per heavy atom. The van der Waals surface area contributed by atoms with Gasteiger partial charge in [0.2, 0.25) is 5.91 Å². The van der Waals surface area contributed by atoms with Crippen LogP contribution in [0, 0.1) is 6.92 Å². The number of amides is 4. The van der Waals surface area contributed by atoms with Crippen molar-refractivity contribution in [3.8, 4) is 11.1 Å². The Morgan fingerprint density at radius 2 is 1.94 bits per heavy atom. The molecule has 4 amide bonds. The molecule has 1 unspecified atom stereocenters. The lowest BCUT2D eigenvalue weighted by Gasteiger charge is -2.32. The Balaban J connectivity index is 1.36. The second-order valence-corrected chi connectivity index (χ2v) is 8.68. The van der Waals surface area contributed by atoms with Crippen LogP contribution in [0.5, 0.6) is 0 Å². The largest absolute Gasteiger partial charge is 0.343 e. The van der Waals surface area contributed by atoms with E-state index in [2.05, 4.69) is 22.5 Å². The fourth-order valence-electron chi connectivity index (χ4n) is 4.52. The maximum absolute atomic E-state index is 12.8. The van der Waals surface area contributed by atoms with Gasteiger partial charge in [0.15, 0.2) is 0 Å². The van der Waals surface area contributed by atoms with Crippen molar-refractivity contribution in [1.29, 1.82) is 0 Å². The molecule has 0 bridgehead atoms. The Labute approximate surface area is 187 Å². The molecule has 2 aliphatic heterocycles. The van der Waals surface area contributed by atoms with E-state index in [1.54, 1.807) is 9.58 Å². The molecule has 2 fully saturated rings. The van der Waals surface area contributed by atoms with Crippen LogP contribution < -0.4 is 5.32 Å². The number of aromatic nitrogens is 3. The molecule has 2 saturated heterocycles. The number of imide groups is 1. The van der Waals surface area contributed by atoms with Gasteiger partial charge < -0.3 is 10.2 Å². The zero-order valence-corrected chi connectivity index (χ0v) is 18.9. The summed E-state index contributed by atoms with van der Waals surface area (Å²) < 4.78 is 1.79. The summed E-state index contributed by atoms with van der Waals surface area (Å²) in [4.78, 5) is 44.9. The number of piperidine rings is 1. The van der Waals surface area contributed by atoms with E-state index in [0.717, 1.165) is 35.4 Å². The normalized spacial score (nSPS) is 19.5. The Hall–Kier alpha value is -3.23. The SMILES string of the molecule is CCCN1C(=O)NC(CC(=O)N2CCC(c3cc(-c4cnn(C)c4)cc(C)n3)CC2)C1=O. The number of hydrogen-bond acceptors (Lipinski definition) is 5. The highest BCUT2D eigenvalue weighted by Gasteiger charge is 2.39. The second kappa shape index (κ2) is 9.10. The summed E-state index contributed by atoms with van der Waals surface area (Å²) in [5.74, 6) is -0.108. The van der Waals surface area contributed by atoms with E-state index in [1.165, 1.54) is 4.90 Å². The first-order valence-corrected chi connectivity index (χ1v) is 11.2. The van der Waals surface area contributed by atoms with Gasteiger partial charge >= 0.3 is 6.03 Å². The molecule has 0 aliphatic carbocycles. The van der Waals surface area contributed by atoms with E-state index in [-0.39, 0.29) is 24.2 Å². The van der Waals surface area contributed by atoms with Gasteiger partial charge in [0.1, 0.15) is 6.04 Å². The number of nitrogens with one attached hydrogen (secondary N) is 1. The summed E-state index contributed by atoms with van der Waals surface area (Å²) in [6.07, 6.45) is 6.20. The van der Waals surface area contributed by atoms with Crippen LogP contribution in [0.4, 0.5) is 4.79 Å². The minimum atomic E-state index is -0.750. The van der Waals surface area contributed by atoms with Crippen LogP contribution in [0.1, 0.15) is 49.9 Å². The Kier molecular flexibility index (Phi) is 6.25. The average Bonchev–Trinajstić information content (AvgIpc) is 3.32. The molecule has 0 spiro atoms.